The van der Waals surface area contributed by atoms with Crippen molar-refractivity contribution < 1.29 is 17.9 Å². The number of methoxy groups -OCH3 is 1. The Balaban J connectivity index is 1.73. The van der Waals surface area contributed by atoms with Crippen molar-refractivity contribution in [1.82, 2.24) is 18.8 Å². The van der Waals surface area contributed by atoms with Crippen molar-refractivity contribution in [2.45, 2.75) is 6.54 Å². The average Bonchev–Trinajstić information content (AvgIpc) is 3.09. The number of imidazole rings is 1. The minimum Gasteiger partial charge on any atom is -0.481 e. The number of hydrogen-bond donors (Lipinski definition) is 0. The van der Waals surface area contributed by atoms with Gasteiger partial charge in [0, 0.05) is 49.9 Å². The third kappa shape index (κ3) is 3.74. The smallest absolute Gasteiger partial charge is 0.216 e. The van der Waals surface area contributed by atoms with Crippen LogP contribution in [-0.4, -0.2) is 66.4 Å². The quantitative estimate of drug-likeness (QED) is 0.757. The van der Waals surface area contributed by atoms with E-state index in [9.17, 15) is 8.42 Å². The summed E-state index contributed by atoms with van der Waals surface area (Å²) in [5.74, 6) is 1.20. The van der Waals surface area contributed by atoms with E-state index in [1.807, 2.05) is 10.6 Å². The maximum atomic E-state index is 12.4. The van der Waals surface area contributed by atoms with Gasteiger partial charge in [-0.1, -0.05) is 0 Å². The summed E-state index contributed by atoms with van der Waals surface area (Å²) in [6.07, 6.45) is 5.07. The molecule has 3 rings (SSSR count). The van der Waals surface area contributed by atoms with Gasteiger partial charge in [0.25, 0.3) is 0 Å². The molecule has 0 atom stereocenters. The summed E-state index contributed by atoms with van der Waals surface area (Å²) in [5, 5.41) is 0. The van der Waals surface area contributed by atoms with E-state index in [1.54, 1.807) is 31.8 Å². The largest absolute Gasteiger partial charge is 0.481 e. The Hall–Kier alpha value is -1.97. The normalized spacial score (nSPS) is 16.2. The number of aromatic nitrogens is 3. The van der Waals surface area contributed by atoms with Crippen LogP contribution in [0, 0.1) is 0 Å². The molecule has 0 unspecified atom stereocenters. The molecule has 2 aromatic heterocycles. The van der Waals surface area contributed by atoms with E-state index in [1.165, 1.54) is 4.31 Å². The van der Waals surface area contributed by atoms with Crippen molar-refractivity contribution in [3.8, 4) is 17.3 Å². The molecule has 0 aromatic carbocycles. The average molecular weight is 352 g/mol. The molecule has 24 heavy (non-hydrogen) atoms. The number of nitrogens with zero attached hydrogens (tertiary/aromatic N) is 4. The summed E-state index contributed by atoms with van der Waals surface area (Å²) in [5.41, 5.74) is 0.829. The third-order valence-corrected chi connectivity index (χ3v) is 5.72. The molecule has 0 aliphatic carbocycles. The maximum absolute atomic E-state index is 12.4. The van der Waals surface area contributed by atoms with Gasteiger partial charge in [-0.15, -0.1) is 0 Å². The van der Waals surface area contributed by atoms with Crippen LogP contribution in [0.4, 0.5) is 0 Å². The Morgan fingerprint density at radius 1 is 1.25 bits per heavy atom. The summed E-state index contributed by atoms with van der Waals surface area (Å²) < 4.78 is 38.5. The molecule has 0 amide bonds. The zero-order chi connectivity index (χ0) is 17.0. The lowest BCUT2D eigenvalue weighted by atomic mass is 10.2. The lowest BCUT2D eigenvalue weighted by Gasteiger charge is -2.26. The zero-order valence-corrected chi connectivity index (χ0v) is 14.3. The Bertz CT molecular complexity index is 784. The topological polar surface area (TPSA) is 86.6 Å². The van der Waals surface area contributed by atoms with E-state index in [0.29, 0.717) is 44.6 Å². The van der Waals surface area contributed by atoms with E-state index in [-0.39, 0.29) is 5.75 Å². The molecular formula is C15H20N4O4S. The van der Waals surface area contributed by atoms with Gasteiger partial charge in [0.15, 0.2) is 0 Å². The van der Waals surface area contributed by atoms with Gasteiger partial charge < -0.3 is 14.0 Å². The van der Waals surface area contributed by atoms with Crippen LogP contribution in [-0.2, 0) is 21.3 Å². The number of ether oxygens (including phenoxy) is 2. The third-order valence-electron chi connectivity index (χ3n) is 3.87. The minimum absolute atomic E-state index is 0.0264. The molecule has 0 N–H and O–H groups in total. The molecule has 2 aromatic rings. The standard InChI is InChI=1S/C15H20N4O4S/c1-22-14-12-13(2-3-16-14)15-17-4-5-18(15)8-11-24(20,21)19-6-9-23-10-7-19/h2-5,12H,6-11H2,1H3. The van der Waals surface area contributed by atoms with E-state index < -0.39 is 10.0 Å². The highest BCUT2D eigenvalue weighted by atomic mass is 32.2. The number of morpholine rings is 1. The fourth-order valence-electron chi connectivity index (χ4n) is 2.58. The first-order chi connectivity index (χ1) is 11.6. The van der Waals surface area contributed by atoms with Crippen LogP contribution in [0.15, 0.2) is 30.7 Å². The highest BCUT2D eigenvalue weighted by molar-refractivity contribution is 7.89. The van der Waals surface area contributed by atoms with Crippen LogP contribution in [0.3, 0.4) is 0 Å². The van der Waals surface area contributed by atoms with Crippen molar-refractivity contribution >= 4 is 10.0 Å². The van der Waals surface area contributed by atoms with Crippen LogP contribution in [0.2, 0.25) is 0 Å². The molecule has 0 spiro atoms. The number of hydrogen-bond acceptors (Lipinski definition) is 6. The SMILES string of the molecule is COc1cc(-c2nccn2CCS(=O)(=O)N2CCOCC2)ccn1. The Labute approximate surface area is 141 Å². The van der Waals surface area contributed by atoms with Crippen LogP contribution >= 0.6 is 0 Å². The van der Waals surface area contributed by atoms with Gasteiger partial charge in [0.2, 0.25) is 15.9 Å². The van der Waals surface area contributed by atoms with Crippen LogP contribution < -0.4 is 4.74 Å². The molecular weight excluding hydrogens is 332 g/mol. The van der Waals surface area contributed by atoms with Crippen LogP contribution in [0.5, 0.6) is 5.88 Å². The molecule has 1 aliphatic rings. The van der Waals surface area contributed by atoms with E-state index >= 15 is 0 Å². The monoisotopic (exact) mass is 352 g/mol. The molecule has 1 aliphatic heterocycles. The predicted molar refractivity (Wildman–Crippen MR) is 88.2 cm³/mol. The summed E-state index contributed by atoms with van der Waals surface area (Å²) in [6, 6.07) is 3.59. The van der Waals surface area contributed by atoms with Gasteiger partial charge in [0.05, 0.1) is 26.1 Å². The molecule has 1 fully saturated rings. The Morgan fingerprint density at radius 2 is 2.04 bits per heavy atom. The molecule has 0 bridgehead atoms. The van der Waals surface area contributed by atoms with E-state index in [0.717, 1.165) is 5.56 Å². The summed E-state index contributed by atoms with van der Waals surface area (Å²) in [6.45, 7) is 2.07. The Morgan fingerprint density at radius 3 is 2.79 bits per heavy atom. The first-order valence-electron chi connectivity index (χ1n) is 7.67. The van der Waals surface area contributed by atoms with Crippen molar-refractivity contribution in [1.29, 1.82) is 0 Å². The van der Waals surface area contributed by atoms with Crippen molar-refractivity contribution in [3.63, 3.8) is 0 Å². The van der Waals surface area contributed by atoms with Gasteiger partial charge in [0.1, 0.15) is 5.82 Å². The molecule has 0 saturated carbocycles. The number of pyridine rings is 1. The van der Waals surface area contributed by atoms with E-state index in [4.69, 9.17) is 9.47 Å². The first-order valence-corrected chi connectivity index (χ1v) is 9.28. The van der Waals surface area contributed by atoms with E-state index in [2.05, 4.69) is 9.97 Å². The second-order valence-electron chi connectivity index (χ2n) is 5.36. The highest BCUT2D eigenvalue weighted by Gasteiger charge is 2.24. The van der Waals surface area contributed by atoms with Crippen LogP contribution in [0.1, 0.15) is 0 Å². The maximum Gasteiger partial charge on any atom is 0.216 e. The predicted octanol–water partition coefficient (Wildman–Crippen LogP) is 0.616. The summed E-state index contributed by atoms with van der Waals surface area (Å²) in [7, 11) is -1.75. The molecule has 8 nitrogen and oxygen atoms in total. The lowest BCUT2D eigenvalue weighted by molar-refractivity contribution is 0.0730. The van der Waals surface area contributed by atoms with Crippen LogP contribution in [0.25, 0.3) is 11.4 Å². The lowest BCUT2D eigenvalue weighted by Crippen LogP contribution is -2.42. The second-order valence-corrected chi connectivity index (χ2v) is 7.45. The minimum atomic E-state index is -3.30. The number of aryl methyl sites for hydroxylation is 1. The molecule has 0 radical (unpaired) electrons. The van der Waals surface area contributed by atoms with Crippen molar-refractivity contribution in [3.05, 3.63) is 30.7 Å². The zero-order valence-electron chi connectivity index (χ0n) is 13.5. The second kappa shape index (κ2) is 7.29. The first kappa shape index (κ1) is 16.9. The fraction of sp³-hybridized carbons (Fsp3) is 0.467. The highest BCUT2D eigenvalue weighted by Crippen LogP contribution is 2.20. The molecule has 130 valence electrons. The van der Waals surface area contributed by atoms with Gasteiger partial charge in [-0.2, -0.15) is 4.31 Å². The van der Waals surface area contributed by atoms with Crippen molar-refractivity contribution in [2.24, 2.45) is 0 Å². The fourth-order valence-corrected chi connectivity index (χ4v) is 3.97. The summed E-state index contributed by atoms with van der Waals surface area (Å²) in [4.78, 5) is 8.40. The molecule has 1 saturated heterocycles. The van der Waals surface area contributed by atoms with Gasteiger partial charge in [-0.25, -0.2) is 18.4 Å². The van der Waals surface area contributed by atoms with Crippen molar-refractivity contribution in [2.75, 3.05) is 39.2 Å². The van der Waals surface area contributed by atoms with Gasteiger partial charge in [-0.05, 0) is 6.07 Å². The Kier molecular flexibility index (Phi) is 5.12. The molecule has 3 heterocycles. The number of rotatable bonds is 6. The summed E-state index contributed by atoms with van der Waals surface area (Å²) >= 11 is 0. The molecule has 9 heteroatoms. The number of sulfonamides is 1. The van der Waals surface area contributed by atoms with Gasteiger partial charge >= 0.3 is 0 Å². The van der Waals surface area contributed by atoms with Gasteiger partial charge in [-0.3, -0.25) is 0 Å².